The van der Waals surface area contributed by atoms with Gasteiger partial charge in [-0.25, -0.2) is 0 Å². The summed E-state index contributed by atoms with van der Waals surface area (Å²) in [6.07, 6.45) is 3.55. The molecule has 0 aromatic heterocycles. The summed E-state index contributed by atoms with van der Waals surface area (Å²) < 4.78 is 6.00. The molecular formula is C22H28N4S. The Morgan fingerprint density at radius 2 is 1.78 bits per heavy atom. The first-order valence-corrected chi connectivity index (χ1v) is 10.8. The van der Waals surface area contributed by atoms with Gasteiger partial charge in [0, 0.05) is 37.9 Å². The smallest absolute Gasteiger partial charge is 0.0730 e. The number of hydrogen-bond donors (Lipinski definition) is 1. The van der Waals surface area contributed by atoms with Crippen molar-refractivity contribution >= 4 is 29.2 Å². The molecule has 0 saturated carbocycles. The molecule has 5 rings (SSSR count). The van der Waals surface area contributed by atoms with E-state index < -0.39 is 0 Å². The summed E-state index contributed by atoms with van der Waals surface area (Å²) in [5, 5.41) is 0. The van der Waals surface area contributed by atoms with Crippen molar-refractivity contribution < 1.29 is 0 Å². The molecule has 1 saturated heterocycles. The van der Waals surface area contributed by atoms with E-state index in [9.17, 15) is 0 Å². The molecule has 0 unspecified atom stereocenters. The van der Waals surface area contributed by atoms with Crippen molar-refractivity contribution in [3.8, 4) is 0 Å². The van der Waals surface area contributed by atoms with Crippen LogP contribution in [0.4, 0.5) is 17.1 Å². The predicted molar refractivity (Wildman–Crippen MR) is 117 cm³/mol. The summed E-state index contributed by atoms with van der Waals surface area (Å²) in [5.74, 6) is 0. The zero-order chi connectivity index (χ0) is 18.4. The Labute approximate surface area is 166 Å². The van der Waals surface area contributed by atoms with E-state index in [-0.39, 0.29) is 0 Å². The van der Waals surface area contributed by atoms with E-state index in [1.807, 2.05) is 0 Å². The standard InChI is InChI=1S/C22H28N4S/c1-16-7-10-21(25-13-11-24(2)12-14-25)19-15-17(8-9-18(16)19)26-22-6-4-3-5-20(22)23-27-26/h3-7,10,17,23H,8-9,11-15H2,1-2H3/t17-/m1/s1. The van der Waals surface area contributed by atoms with Crippen LogP contribution in [0.1, 0.15) is 23.1 Å². The third-order valence-electron chi connectivity index (χ3n) is 6.38. The fourth-order valence-corrected chi connectivity index (χ4v) is 5.69. The van der Waals surface area contributed by atoms with Gasteiger partial charge >= 0.3 is 0 Å². The van der Waals surface area contributed by atoms with E-state index in [1.54, 1.807) is 23.3 Å². The number of likely N-dealkylation sites (N-methyl/N-ethyl adjacent to an activating group) is 1. The molecular weight excluding hydrogens is 352 g/mol. The van der Waals surface area contributed by atoms with E-state index in [0.29, 0.717) is 6.04 Å². The minimum atomic E-state index is 0.548. The average Bonchev–Trinajstić information content (AvgIpc) is 3.13. The second-order valence-electron chi connectivity index (χ2n) is 8.08. The molecule has 2 aromatic rings. The van der Waals surface area contributed by atoms with E-state index in [0.717, 1.165) is 32.6 Å². The van der Waals surface area contributed by atoms with Gasteiger partial charge in [0.25, 0.3) is 0 Å². The number of fused-ring (bicyclic) bond motifs is 2. The Morgan fingerprint density at radius 3 is 2.63 bits per heavy atom. The van der Waals surface area contributed by atoms with Crippen molar-refractivity contribution in [2.75, 3.05) is 47.2 Å². The Bertz CT molecular complexity index is 844. The maximum absolute atomic E-state index is 3.49. The van der Waals surface area contributed by atoms with Crippen LogP contribution in [0.5, 0.6) is 0 Å². The summed E-state index contributed by atoms with van der Waals surface area (Å²) in [5.41, 5.74) is 8.74. The number of piperazine rings is 1. The largest absolute Gasteiger partial charge is 0.369 e. The van der Waals surface area contributed by atoms with Crippen LogP contribution >= 0.6 is 12.1 Å². The third-order valence-corrected chi connectivity index (χ3v) is 7.38. The second-order valence-corrected chi connectivity index (χ2v) is 8.86. The number of rotatable bonds is 2. The maximum Gasteiger partial charge on any atom is 0.0730 e. The number of nitrogens with zero attached hydrogens (tertiary/aromatic N) is 3. The molecule has 4 nitrogen and oxygen atoms in total. The lowest BCUT2D eigenvalue weighted by Gasteiger charge is -2.39. The number of anilines is 3. The van der Waals surface area contributed by atoms with Crippen LogP contribution in [-0.4, -0.2) is 44.2 Å². The van der Waals surface area contributed by atoms with Gasteiger partial charge in [0.1, 0.15) is 0 Å². The first-order valence-electron chi connectivity index (χ1n) is 10.1. The van der Waals surface area contributed by atoms with Gasteiger partial charge in [-0.1, -0.05) is 18.2 Å². The van der Waals surface area contributed by atoms with Gasteiger partial charge in [-0.2, -0.15) is 0 Å². The lowest BCUT2D eigenvalue weighted by molar-refractivity contribution is 0.312. The number of nitrogens with one attached hydrogen (secondary N) is 1. The fourth-order valence-electron chi connectivity index (χ4n) is 4.74. The Kier molecular flexibility index (Phi) is 4.44. The molecule has 142 valence electrons. The van der Waals surface area contributed by atoms with Crippen LogP contribution in [0.2, 0.25) is 0 Å². The molecule has 2 aliphatic heterocycles. The van der Waals surface area contributed by atoms with Gasteiger partial charge in [-0.05, 0) is 68.1 Å². The van der Waals surface area contributed by atoms with Gasteiger partial charge < -0.3 is 14.5 Å². The maximum atomic E-state index is 3.49. The van der Waals surface area contributed by atoms with Gasteiger partial charge in [0.05, 0.1) is 23.5 Å². The zero-order valence-corrected chi connectivity index (χ0v) is 17.1. The number of aryl methyl sites for hydroxylation is 1. The molecule has 0 bridgehead atoms. The highest BCUT2D eigenvalue weighted by Gasteiger charge is 2.32. The van der Waals surface area contributed by atoms with Crippen molar-refractivity contribution in [2.24, 2.45) is 0 Å². The summed E-state index contributed by atoms with van der Waals surface area (Å²) in [7, 11) is 2.23. The first kappa shape index (κ1) is 17.3. The summed E-state index contributed by atoms with van der Waals surface area (Å²) in [4.78, 5) is 5.05. The number of para-hydroxylation sites is 2. The van der Waals surface area contributed by atoms with E-state index >= 15 is 0 Å². The van der Waals surface area contributed by atoms with E-state index in [4.69, 9.17) is 0 Å². The molecule has 0 amide bonds. The highest BCUT2D eigenvalue weighted by molar-refractivity contribution is 8.02. The molecule has 2 heterocycles. The molecule has 1 atom stereocenters. The second kappa shape index (κ2) is 6.95. The van der Waals surface area contributed by atoms with Crippen molar-refractivity contribution in [3.05, 3.63) is 53.1 Å². The molecule has 0 radical (unpaired) electrons. The topological polar surface area (TPSA) is 21.8 Å². The number of benzene rings is 2. The Morgan fingerprint density at radius 1 is 0.963 bits per heavy atom. The monoisotopic (exact) mass is 380 g/mol. The summed E-state index contributed by atoms with van der Waals surface area (Å²) >= 11 is 1.76. The quantitative estimate of drug-likeness (QED) is 0.790. The van der Waals surface area contributed by atoms with Gasteiger partial charge in [-0.15, -0.1) is 0 Å². The molecule has 27 heavy (non-hydrogen) atoms. The minimum Gasteiger partial charge on any atom is -0.369 e. The van der Waals surface area contributed by atoms with Crippen LogP contribution < -0.4 is 13.9 Å². The van der Waals surface area contributed by atoms with Gasteiger partial charge in [0.15, 0.2) is 0 Å². The molecule has 3 aliphatic rings. The first-order chi connectivity index (χ1) is 13.2. The Balaban J connectivity index is 1.45. The lowest BCUT2D eigenvalue weighted by atomic mass is 9.84. The molecule has 2 aromatic carbocycles. The van der Waals surface area contributed by atoms with Crippen LogP contribution in [0.25, 0.3) is 0 Å². The normalized spacial score (nSPS) is 22.4. The zero-order valence-electron chi connectivity index (χ0n) is 16.2. The van der Waals surface area contributed by atoms with Crippen LogP contribution in [0.3, 0.4) is 0 Å². The summed E-state index contributed by atoms with van der Waals surface area (Å²) in [6.45, 7) is 6.88. The average molecular weight is 381 g/mol. The SMILES string of the molecule is Cc1ccc(N2CCN(C)CC2)c2c1CC[C@@H](N1SNc3ccccc31)C2. The van der Waals surface area contributed by atoms with Crippen molar-refractivity contribution in [1.29, 1.82) is 0 Å². The fraction of sp³-hybridized carbons (Fsp3) is 0.455. The molecule has 0 spiro atoms. The third kappa shape index (κ3) is 3.07. The van der Waals surface area contributed by atoms with Gasteiger partial charge in [0.2, 0.25) is 0 Å². The molecule has 1 aliphatic carbocycles. The predicted octanol–water partition coefficient (Wildman–Crippen LogP) is 4.10. The Hall–Kier alpha value is -1.85. The van der Waals surface area contributed by atoms with Crippen LogP contribution in [0, 0.1) is 6.92 Å². The molecule has 1 fully saturated rings. The summed E-state index contributed by atoms with van der Waals surface area (Å²) in [6, 6.07) is 14.0. The van der Waals surface area contributed by atoms with E-state index in [1.165, 1.54) is 35.5 Å². The van der Waals surface area contributed by atoms with Crippen molar-refractivity contribution in [1.82, 2.24) is 4.90 Å². The van der Waals surface area contributed by atoms with Crippen molar-refractivity contribution in [3.63, 3.8) is 0 Å². The van der Waals surface area contributed by atoms with Crippen molar-refractivity contribution in [2.45, 2.75) is 32.2 Å². The van der Waals surface area contributed by atoms with E-state index in [2.05, 4.69) is 69.2 Å². The minimum absolute atomic E-state index is 0.548. The lowest BCUT2D eigenvalue weighted by Crippen LogP contribution is -2.45. The molecule has 1 N–H and O–H groups in total. The molecule has 5 heteroatoms. The highest BCUT2D eigenvalue weighted by atomic mass is 32.2. The highest BCUT2D eigenvalue weighted by Crippen LogP contribution is 2.44. The van der Waals surface area contributed by atoms with Gasteiger partial charge in [-0.3, -0.25) is 4.31 Å². The number of hydrogen-bond acceptors (Lipinski definition) is 5. The van der Waals surface area contributed by atoms with Crippen LogP contribution in [0.15, 0.2) is 36.4 Å². The van der Waals surface area contributed by atoms with Crippen LogP contribution in [-0.2, 0) is 12.8 Å².